The number of hydrogen-bond acceptors (Lipinski definition) is 4. The quantitative estimate of drug-likeness (QED) is 0.0308. The Hall–Kier alpha value is -0.590. The van der Waals surface area contributed by atoms with Crippen LogP contribution >= 0.6 is 7.82 Å². The van der Waals surface area contributed by atoms with Crippen molar-refractivity contribution in [2.24, 2.45) is 0 Å². The number of Topliss-reactive ketones (excluding diaryl/α,β-unsaturated/α-hetero) is 2. The highest BCUT2D eigenvalue weighted by molar-refractivity contribution is 7.46. The molecule has 0 bridgehead atoms. The number of quaternary nitrogens is 1. The Morgan fingerprint density at radius 3 is 0.978 bits per heavy atom. The first-order valence-electron chi connectivity index (χ1n) is 19.0. The van der Waals surface area contributed by atoms with Crippen molar-refractivity contribution in [2.45, 2.75) is 199 Å². The fourth-order valence-electron chi connectivity index (χ4n) is 6.34. The van der Waals surface area contributed by atoms with E-state index < -0.39 is 25.0 Å². The predicted octanol–water partition coefficient (Wildman–Crippen LogP) is 10.6. The van der Waals surface area contributed by atoms with Crippen LogP contribution in [0.1, 0.15) is 194 Å². The zero-order valence-electron chi connectivity index (χ0n) is 30.4. The van der Waals surface area contributed by atoms with Gasteiger partial charge in [-0.15, -0.1) is 0 Å². The van der Waals surface area contributed by atoms with Gasteiger partial charge in [0.15, 0.2) is 11.6 Å². The molecule has 0 heterocycles. The van der Waals surface area contributed by atoms with Gasteiger partial charge in [0.2, 0.25) is 5.60 Å². The van der Waals surface area contributed by atoms with Crippen LogP contribution in [0.15, 0.2) is 0 Å². The van der Waals surface area contributed by atoms with Crippen molar-refractivity contribution in [3.05, 3.63) is 0 Å². The highest BCUT2D eigenvalue weighted by atomic mass is 31.2. The second-order valence-corrected chi connectivity index (χ2v) is 15.9. The van der Waals surface area contributed by atoms with E-state index in [1.165, 1.54) is 116 Å². The summed E-state index contributed by atoms with van der Waals surface area (Å²) in [7, 11) is 0.367. The summed E-state index contributed by atoms with van der Waals surface area (Å²) in [6.45, 7) is 4.40. The van der Waals surface area contributed by atoms with Crippen LogP contribution in [0.5, 0.6) is 0 Å². The lowest BCUT2D eigenvalue weighted by atomic mass is 9.86. The zero-order chi connectivity index (χ0) is 33.9. The van der Waals surface area contributed by atoms with Crippen LogP contribution < -0.4 is 0 Å². The number of carbonyl (C=O) groups is 2. The molecule has 0 unspecified atom stereocenters. The number of carbonyl (C=O) groups excluding carboxylic acids is 2. The first-order valence-corrected chi connectivity index (χ1v) is 20.5. The molecule has 8 heteroatoms. The minimum Gasteiger partial charge on any atom is -0.328 e. The molecule has 2 N–H and O–H groups in total. The van der Waals surface area contributed by atoms with E-state index in [2.05, 4.69) is 13.8 Å². The molecule has 45 heavy (non-hydrogen) atoms. The SMILES string of the molecule is CCCCCCCCCCCCCCCC(=O)C(C[N+](C)(C)C)(OP(=O)(O)O)C(=O)CCCCCCCCCCCCCCC. The van der Waals surface area contributed by atoms with Gasteiger partial charge in [0.1, 0.15) is 6.54 Å². The van der Waals surface area contributed by atoms with Crippen molar-refractivity contribution in [2.75, 3.05) is 27.7 Å². The lowest BCUT2D eigenvalue weighted by molar-refractivity contribution is -0.874. The molecule has 0 amide bonds. The summed E-state index contributed by atoms with van der Waals surface area (Å²) in [5.74, 6) is -0.969. The molecule has 0 radical (unpaired) electrons. The van der Waals surface area contributed by atoms with Crippen molar-refractivity contribution < 1.29 is 32.9 Å². The van der Waals surface area contributed by atoms with Crippen LogP contribution in [-0.2, 0) is 18.7 Å². The van der Waals surface area contributed by atoms with Crippen LogP contribution in [-0.4, -0.2) is 59.1 Å². The van der Waals surface area contributed by atoms with Gasteiger partial charge in [0, 0.05) is 12.8 Å². The Labute approximate surface area is 278 Å². The van der Waals surface area contributed by atoms with Crippen molar-refractivity contribution >= 4 is 19.4 Å². The molecule has 0 fully saturated rings. The third kappa shape index (κ3) is 26.1. The van der Waals surface area contributed by atoms with Crippen LogP contribution in [0.2, 0.25) is 0 Å². The predicted molar refractivity (Wildman–Crippen MR) is 189 cm³/mol. The molecule has 0 rings (SSSR count). The number of hydrogen-bond donors (Lipinski definition) is 2. The van der Waals surface area contributed by atoms with E-state index in [-0.39, 0.29) is 23.9 Å². The Morgan fingerprint density at radius 2 is 0.756 bits per heavy atom. The standard InChI is InChI=1S/C37H74NO6P/c1-6-8-10-12-14-16-18-20-22-24-26-28-30-32-35(39)37(34-38(3,4)5,44-45(41,42)43)36(40)33-31-29-27-25-23-21-19-17-15-13-11-9-7-2/h6-34H2,1-5H3,(H-,41,42,43)/p+1. The lowest BCUT2D eigenvalue weighted by Crippen LogP contribution is -2.59. The monoisotopic (exact) mass is 661 g/mol. The summed E-state index contributed by atoms with van der Waals surface area (Å²) in [4.78, 5) is 46.8. The third-order valence-corrected chi connectivity index (χ3v) is 9.44. The fraction of sp³-hybridized carbons (Fsp3) is 0.946. The van der Waals surface area contributed by atoms with Gasteiger partial charge in [-0.1, -0.05) is 168 Å². The summed E-state index contributed by atoms with van der Waals surface area (Å²) in [6.07, 6.45) is 30.9. The smallest absolute Gasteiger partial charge is 0.328 e. The molecule has 0 atom stereocenters. The number of phosphoric ester groups is 1. The summed E-state index contributed by atoms with van der Waals surface area (Å²) in [5, 5.41) is 0. The molecule has 0 aromatic heterocycles. The van der Waals surface area contributed by atoms with Gasteiger partial charge in [0.05, 0.1) is 21.1 Å². The second kappa shape index (κ2) is 27.4. The molecular weight excluding hydrogens is 585 g/mol. The molecule has 0 spiro atoms. The molecule has 0 saturated heterocycles. The van der Waals surface area contributed by atoms with E-state index in [1.54, 1.807) is 0 Å². The van der Waals surface area contributed by atoms with Gasteiger partial charge < -0.3 is 14.3 Å². The number of likely N-dealkylation sites (N-methyl/N-ethyl adjacent to an activating group) is 1. The molecule has 7 nitrogen and oxygen atoms in total. The average molecular weight is 661 g/mol. The average Bonchev–Trinajstić information content (AvgIpc) is 2.95. The topological polar surface area (TPSA) is 101 Å². The van der Waals surface area contributed by atoms with Crippen molar-refractivity contribution in [1.82, 2.24) is 0 Å². The van der Waals surface area contributed by atoms with Crippen LogP contribution in [0.3, 0.4) is 0 Å². The Bertz CT molecular complexity index is 733. The zero-order valence-corrected chi connectivity index (χ0v) is 31.3. The van der Waals surface area contributed by atoms with Crippen LogP contribution in [0.4, 0.5) is 0 Å². The first kappa shape index (κ1) is 44.4. The third-order valence-electron chi connectivity index (χ3n) is 8.89. The maximum absolute atomic E-state index is 13.6. The molecule has 0 aromatic rings. The highest BCUT2D eigenvalue weighted by Gasteiger charge is 2.53. The van der Waals surface area contributed by atoms with Crippen LogP contribution in [0, 0.1) is 0 Å². The molecular formula is C37H75NO6P+. The maximum atomic E-state index is 13.6. The van der Waals surface area contributed by atoms with Gasteiger partial charge in [-0.2, -0.15) is 0 Å². The van der Waals surface area contributed by atoms with Gasteiger partial charge >= 0.3 is 7.82 Å². The minimum absolute atomic E-state index is 0.0906. The molecule has 0 saturated carbocycles. The lowest BCUT2D eigenvalue weighted by Gasteiger charge is -2.37. The van der Waals surface area contributed by atoms with E-state index in [0.29, 0.717) is 12.8 Å². The van der Waals surface area contributed by atoms with Gasteiger partial charge in [0.25, 0.3) is 0 Å². The van der Waals surface area contributed by atoms with E-state index in [9.17, 15) is 23.9 Å². The summed E-state index contributed by atoms with van der Waals surface area (Å²) < 4.78 is 17.5. The number of rotatable bonds is 34. The second-order valence-electron chi connectivity index (χ2n) is 14.7. The molecule has 0 aliphatic carbocycles. The van der Waals surface area contributed by atoms with Gasteiger partial charge in [-0.05, 0) is 12.8 Å². The Morgan fingerprint density at radius 1 is 0.511 bits per heavy atom. The van der Waals surface area contributed by atoms with Crippen molar-refractivity contribution in [3.8, 4) is 0 Å². The number of unbranched alkanes of at least 4 members (excludes halogenated alkanes) is 24. The number of phosphoric acid groups is 1. The van der Waals surface area contributed by atoms with Gasteiger partial charge in [-0.25, -0.2) is 4.57 Å². The number of nitrogens with zero attached hydrogens (tertiary/aromatic N) is 1. The summed E-state index contributed by atoms with van der Waals surface area (Å²) >= 11 is 0. The molecule has 0 aliphatic rings. The van der Waals surface area contributed by atoms with Crippen molar-refractivity contribution in [1.29, 1.82) is 0 Å². The largest absolute Gasteiger partial charge is 0.471 e. The first-order chi connectivity index (χ1) is 21.4. The number of ketones is 2. The summed E-state index contributed by atoms with van der Waals surface area (Å²) in [6, 6.07) is 0. The molecule has 0 aromatic carbocycles. The Balaban J connectivity index is 4.65. The van der Waals surface area contributed by atoms with E-state index in [1.807, 2.05) is 21.1 Å². The normalized spacial score (nSPS) is 12.6. The van der Waals surface area contributed by atoms with Crippen LogP contribution in [0.25, 0.3) is 0 Å². The molecule has 0 aliphatic heterocycles. The fourth-order valence-corrected chi connectivity index (χ4v) is 7.01. The maximum Gasteiger partial charge on any atom is 0.471 e. The van der Waals surface area contributed by atoms with Gasteiger partial charge in [-0.3, -0.25) is 14.1 Å². The van der Waals surface area contributed by atoms with E-state index in [0.717, 1.165) is 38.5 Å². The van der Waals surface area contributed by atoms with E-state index in [4.69, 9.17) is 4.52 Å². The van der Waals surface area contributed by atoms with Crippen molar-refractivity contribution in [3.63, 3.8) is 0 Å². The van der Waals surface area contributed by atoms with E-state index >= 15 is 0 Å². The summed E-state index contributed by atoms with van der Waals surface area (Å²) in [5.41, 5.74) is -2.11. The Kier molecular flexibility index (Phi) is 27.0. The molecule has 268 valence electrons. The highest BCUT2D eigenvalue weighted by Crippen LogP contribution is 2.44. The minimum atomic E-state index is -5.08.